The highest BCUT2D eigenvalue weighted by Crippen LogP contribution is 2.42. The van der Waals surface area contributed by atoms with Gasteiger partial charge in [-0.05, 0) is 36.1 Å². The third-order valence-corrected chi connectivity index (χ3v) is 7.28. The lowest BCUT2D eigenvalue weighted by Gasteiger charge is -2.16. The van der Waals surface area contributed by atoms with Crippen molar-refractivity contribution in [2.45, 2.75) is 70.8 Å². The second-order valence-electron chi connectivity index (χ2n) is 10.0. The Morgan fingerprint density at radius 1 is 0.864 bits per heavy atom. The number of nitrogens with zero attached hydrogens (tertiary/aromatic N) is 3. The van der Waals surface area contributed by atoms with E-state index >= 15 is 0 Å². The normalized spacial score (nSPS) is 13.2. The minimum atomic E-state index is -4.41. The summed E-state index contributed by atoms with van der Waals surface area (Å²) in [7, 11) is -4.41. The van der Waals surface area contributed by atoms with Gasteiger partial charge in [-0.1, -0.05) is 69.1 Å². The van der Waals surface area contributed by atoms with Crippen molar-refractivity contribution in [3.05, 3.63) is 40.3 Å². The second-order valence-corrected chi connectivity index (χ2v) is 11.5. The molecule has 1 aromatic carbocycles. The standard InChI is InChI=1S/C29H52N5O9P/c1-2-3-4-5-6-7-8-9-10-26-11-13-27(14-12-26)33-29(35)28(30)25-43-44(36,37)42-24-23-41-22-21-40-20-19-39-18-17-38-16-15-32-34-31/h11-14,28H,2-10,15-25,30H2,1H3,(H,33,35)(H,36,37)/t28-/m1/s1. The van der Waals surface area contributed by atoms with Gasteiger partial charge in [0.05, 0.1) is 66.1 Å². The molecule has 0 saturated heterocycles. The molecule has 2 atom stereocenters. The number of hydrogen-bond donors (Lipinski definition) is 3. The average molecular weight is 646 g/mol. The number of hydrogen-bond acceptors (Lipinski definition) is 10. The molecule has 0 heterocycles. The Kier molecular flexibility index (Phi) is 24.7. The van der Waals surface area contributed by atoms with E-state index in [1.54, 1.807) is 0 Å². The molecular formula is C29H52N5O9P. The number of aryl methyl sites for hydroxylation is 1. The first-order valence-corrected chi connectivity index (χ1v) is 17.0. The second kappa shape index (κ2) is 27.2. The number of unbranched alkanes of at least 4 members (excludes halogenated alkanes) is 7. The largest absolute Gasteiger partial charge is 0.472 e. The molecule has 4 N–H and O–H groups in total. The minimum absolute atomic E-state index is 0.0442. The van der Waals surface area contributed by atoms with Crippen molar-refractivity contribution in [1.29, 1.82) is 0 Å². The van der Waals surface area contributed by atoms with Crippen LogP contribution in [0.25, 0.3) is 10.4 Å². The minimum Gasteiger partial charge on any atom is -0.379 e. The average Bonchev–Trinajstić information content (AvgIpc) is 3.01. The Hall–Kier alpha value is -2.09. The van der Waals surface area contributed by atoms with Crippen LogP contribution in [0.5, 0.6) is 0 Å². The number of phosphoric acid groups is 1. The van der Waals surface area contributed by atoms with E-state index in [4.69, 9.17) is 39.3 Å². The number of ether oxygens (including phenoxy) is 4. The molecule has 14 nitrogen and oxygen atoms in total. The van der Waals surface area contributed by atoms with E-state index in [-0.39, 0.29) is 26.4 Å². The number of carbonyl (C=O) groups excluding carboxylic acids is 1. The van der Waals surface area contributed by atoms with E-state index in [2.05, 4.69) is 22.3 Å². The summed E-state index contributed by atoms with van der Waals surface area (Å²) in [5.41, 5.74) is 15.8. The van der Waals surface area contributed by atoms with E-state index in [9.17, 15) is 14.3 Å². The fourth-order valence-electron chi connectivity index (χ4n) is 3.86. The lowest BCUT2D eigenvalue weighted by molar-refractivity contribution is -0.118. The predicted molar refractivity (Wildman–Crippen MR) is 168 cm³/mol. The molecule has 15 heteroatoms. The van der Waals surface area contributed by atoms with Gasteiger partial charge < -0.3 is 34.9 Å². The molecular weight excluding hydrogens is 593 g/mol. The number of carbonyl (C=O) groups is 1. The quantitative estimate of drug-likeness (QED) is 0.0331. The molecule has 0 saturated carbocycles. The number of benzene rings is 1. The van der Waals surface area contributed by atoms with Crippen molar-refractivity contribution in [3.63, 3.8) is 0 Å². The van der Waals surface area contributed by atoms with Gasteiger partial charge in [0.2, 0.25) is 5.91 Å². The Morgan fingerprint density at radius 2 is 1.39 bits per heavy atom. The number of phosphoric ester groups is 1. The highest BCUT2D eigenvalue weighted by molar-refractivity contribution is 7.47. The third kappa shape index (κ3) is 23.3. The summed E-state index contributed by atoms with van der Waals surface area (Å²) < 4.78 is 42.9. The van der Waals surface area contributed by atoms with Gasteiger partial charge in [-0.2, -0.15) is 0 Å². The molecule has 0 radical (unpaired) electrons. The molecule has 0 fully saturated rings. The number of azide groups is 1. The van der Waals surface area contributed by atoms with Gasteiger partial charge in [-0.25, -0.2) is 4.57 Å². The molecule has 1 aromatic rings. The predicted octanol–water partition coefficient (Wildman–Crippen LogP) is 5.15. The van der Waals surface area contributed by atoms with Gasteiger partial charge in [-0.15, -0.1) is 0 Å². The van der Waals surface area contributed by atoms with Crippen LogP contribution in [0.15, 0.2) is 29.4 Å². The van der Waals surface area contributed by atoms with Crippen molar-refractivity contribution in [2.75, 3.05) is 77.9 Å². The number of nitrogens with two attached hydrogens (primary N) is 1. The molecule has 0 aliphatic carbocycles. The van der Waals surface area contributed by atoms with Gasteiger partial charge >= 0.3 is 7.82 Å². The van der Waals surface area contributed by atoms with Gasteiger partial charge in [0.25, 0.3) is 0 Å². The summed E-state index contributed by atoms with van der Waals surface area (Å²) in [6, 6.07) is 6.44. The van der Waals surface area contributed by atoms with Crippen LogP contribution in [0.4, 0.5) is 5.69 Å². The maximum absolute atomic E-state index is 12.4. The summed E-state index contributed by atoms with van der Waals surface area (Å²) in [5.74, 6) is -0.537. The van der Waals surface area contributed by atoms with Gasteiger partial charge in [0.1, 0.15) is 6.04 Å². The van der Waals surface area contributed by atoms with Crippen LogP contribution in [0.3, 0.4) is 0 Å². The summed E-state index contributed by atoms with van der Waals surface area (Å²) in [5, 5.41) is 6.04. The zero-order chi connectivity index (χ0) is 32.1. The summed E-state index contributed by atoms with van der Waals surface area (Å²) >= 11 is 0. The fourth-order valence-corrected chi connectivity index (χ4v) is 4.59. The maximum atomic E-state index is 12.4. The van der Waals surface area contributed by atoms with Crippen LogP contribution in [0.2, 0.25) is 0 Å². The van der Waals surface area contributed by atoms with Gasteiger partial charge in [0, 0.05) is 17.1 Å². The number of nitrogens with one attached hydrogen (secondary N) is 1. The summed E-state index contributed by atoms with van der Waals surface area (Å²) in [4.78, 5) is 24.8. The topological polar surface area (TPSA) is 197 Å². The van der Waals surface area contributed by atoms with E-state index in [0.29, 0.717) is 45.3 Å². The molecule has 1 rings (SSSR count). The first-order chi connectivity index (χ1) is 21.4. The van der Waals surface area contributed by atoms with E-state index < -0.39 is 26.4 Å². The Labute approximate surface area is 261 Å². The van der Waals surface area contributed by atoms with Crippen molar-refractivity contribution >= 4 is 19.4 Å². The highest BCUT2D eigenvalue weighted by Gasteiger charge is 2.24. The molecule has 0 bridgehead atoms. The first-order valence-electron chi connectivity index (χ1n) is 15.5. The van der Waals surface area contributed by atoms with Crippen LogP contribution >= 0.6 is 7.82 Å². The van der Waals surface area contributed by atoms with Crippen molar-refractivity contribution in [1.82, 2.24) is 0 Å². The summed E-state index contributed by atoms with van der Waals surface area (Å²) in [6.07, 6.45) is 11.2. The van der Waals surface area contributed by atoms with Crippen molar-refractivity contribution in [2.24, 2.45) is 10.8 Å². The molecule has 0 aliphatic rings. The van der Waals surface area contributed by atoms with Crippen LogP contribution in [-0.2, 0) is 43.8 Å². The molecule has 0 spiro atoms. The highest BCUT2D eigenvalue weighted by atomic mass is 31.2. The summed E-state index contributed by atoms with van der Waals surface area (Å²) in [6.45, 7) is 4.36. The SMILES string of the molecule is CCCCCCCCCCc1ccc(NC(=O)[C@H](N)COP(=O)(O)OCCOCCOCCOCCOCCN=[N+]=[N-])cc1. The van der Waals surface area contributed by atoms with Crippen LogP contribution in [0, 0.1) is 0 Å². The van der Waals surface area contributed by atoms with Crippen LogP contribution in [-0.4, -0.2) is 89.5 Å². The Balaban J connectivity index is 2.05. The number of rotatable bonds is 30. The maximum Gasteiger partial charge on any atom is 0.472 e. The monoisotopic (exact) mass is 645 g/mol. The fraction of sp³-hybridized carbons (Fsp3) is 0.759. The number of amides is 1. The van der Waals surface area contributed by atoms with E-state index in [1.165, 1.54) is 50.5 Å². The first kappa shape index (κ1) is 39.9. The number of anilines is 1. The van der Waals surface area contributed by atoms with E-state index in [0.717, 1.165) is 12.8 Å². The lowest BCUT2D eigenvalue weighted by atomic mass is 10.0. The molecule has 252 valence electrons. The zero-order valence-corrected chi connectivity index (χ0v) is 27.0. The molecule has 0 aromatic heterocycles. The Morgan fingerprint density at radius 3 is 1.95 bits per heavy atom. The molecule has 44 heavy (non-hydrogen) atoms. The molecule has 1 unspecified atom stereocenters. The third-order valence-electron chi connectivity index (χ3n) is 6.29. The zero-order valence-electron chi connectivity index (χ0n) is 26.1. The molecule has 0 aliphatic heterocycles. The smallest absolute Gasteiger partial charge is 0.379 e. The van der Waals surface area contributed by atoms with Crippen LogP contribution < -0.4 is 11.1 Å². The van der Waals surface area contributed by atoms with Crippen molar-refractivity contribution in [3.8, 4) is 0 Å². The van der Waals surface area contributed by atoms with Gasteiger partial charge in [-0.3, -0.25) is 13.8 Å². The molecule has 1 amide bonds. The lowest BCUT2D eigenvalue weighted by Crippen LogP contribution is -2.39. The van der Waals surface area contributed by atoms with Gasteiger partial charge in [0.15, 0.2) is 0 Å². The van der Waals surface area contributed by atoms with Crippen LogP contribution in [0.1, 0.15) is 63.9 Å². The van der Waals surface area contributed by atoms with E-state index in [1.807, 2.05) is 24.3 Å². The van der Waals surface area contributed by atoms with Crippen molar-refractivity contribution < 1.29 is 42.2 Å². The Bertz CT molecular complexity index is 952.